The predicted molar refractivity (Wildman–Crippen MR) is 30.4 cm³/mol. The van der Waals surface area contributed by atoms with Crippen LogP contribution >= 0.6 is 0 Å². The molecule has 4 nitrogen and oxygen atoms in total. The van der Waals surface area contributed by atoms with E-state index in [1.165, 1.54) is 0 Å². The lowest BCUT2D eigenvalue weighted by molar-refractivity contribution is -0.143. The molecule has 1 rings (SSSR count). The van der Waals surface area contributed by atoms with E-state index in [2.05, 4.69) is 0 Å². The second-order valence-corrected chi connectivity index (χ2v) is 2.24. The third-order valence-corrected chi connectivity index (χ3v) is 1.35. The van der Waals surface area contributed by atoms with Crippen LogP contribution in [0.4, 0.5) is 4.39 Å². The number of carbonyl (C=O) groups is 2. The van der Waals surface area contributed by atoms with Crippen LogP contribution in [0.15, 0.2) is 0 Å². The molecule has 56 valence electrons. The molecular weight excluding hydrogens is 139 g/mol. The fourth-order valence-corrected chi connectivity index (χ4v) is 0.702. The first-order valence-electron chi connectivity index (χ1n) is 2.84. The van der Waals surface area contributed by atoms with E-state index in [0.29, 0.717) is 0 Å². The third-order valence-electron chi connectivity index (χ3n) is 1.35. The number of alkyl halides is 1. The number of hydrogen-bond donors (Lipinski definition) is 2. The summed E-state index contributed by atoms with van der Waals surface area (Å²) >= 11 is 0. The maximum Gasteiger partial charge on any atom is 0.279 e. The molecule has 0 spiro atoms. The fourth-order valence-electron chi connectivity index (χ4n) is 0.702. The summed E-state index contributed by atoms with van der Waals surface area (Å²) in [5.41, 5.74) is 4.85. The SMILES string of the molecule is NC1(F)CCC(=O)NC1=O. The zero-order valence-electron chi connectivity index (χ0n) is 5.19. The molecule has 1 unspecified atom stereocenters. The molecule has 1 aliphatic rings. The number of rotatable bonds is 0. The van der Waals surface area contributed by atoms with Crippen molar-refractivity contribution in [2.75, 3.05) is 0 Å². The Morgan fingerprint density at radius 3 is 2.60 bits per heavy atom. The van der Waals surface area contributed by atoms with Crippen LogP contribution in [-0.2, 0) is 9.59 Å². The van der Waals surface area contributed by atoms with Gasteiger partial charge in [-0.1, -0.05) is 0 Å². The Balaban J connectivity index is 2.70. The minimum Gasteiger partial charge on any atom is -0.292 e. The molecule has 1 fully saturated rings. The normalized spacial score (nSPS) is 33.8. The summed E-state index contributed by atoms with van der Waals surface area (Å²) in [5.74, 6) is -3.86. The van der Waals surface area contributed by atoms with E-state index in [1.807, 2.05) is 0 Å². The van der Waals surface area contributed by atoms with Gasteiger partial charge in [0, 0.05) is 12.8 Å². The Labute approximate surface area is 56.6 Å². The topological polar surface area (TPSA) is 72.2 Å². The molecule has 3 N–H and O–H groups in total. The molecule has 2 amide bonds. The minimum absolute atomic E-state index is 0.0290. The van der Waals surface area contributed by atoms with Crippen molar-refractivity contribution in [1.29, 1.82) is 0 Å². The molecule has 0 aromatic carbocycles. The van der Waals surface area contributed by atoms with Gasteiger partial charge in [0.15, 0.2) is 0 Å². The lowest BCUT2D eigenvalue weighted by Crippen LogP contribution is -2.56. The van der Waals surface area contributed by atoms with Gasteiger partial charge in [-0.05, 0) is 0 Å². The smallest absolute Gasteiger partial charge is 0.279 e. The van der Waals surface area contributed by atoms with Crippen molar-refractivity contribution >= 4 is 11.8 Å². The first-order chi connectivity index (χ1) is 4.52. The van der Waals surface area contributed by atoms with Crippen molar-refractivity contribution in [3.05, 3.63) is 0 Å². The summed E-state index contributed by atoms with van der Waals surface area (Å²) < 4.78 is 12.7. The molecule has 0 aromatic rings. The number of hydrogen-bond acceptors (Lipinski definition) is 3. The molecule has 0 aromatic heterocycles. The first-order valence-corrected chi connectivity index (χ1v) is 2.84. The van der Waals surface area contributed by atoms with Gasteiger partial charge >= 0.3 is 0 Å². The molecule has 0 aliphatic carbocycles. The average Bonchev–Trinajstić information content (AvgIpc) is 1.81. The molecule has 0 saturated carbocycles. The lowest BCUT2D eigenvalue weighted by atomic mass is 10.1. The van der Waals surface area contributed by atoms with Crippen LogP contribution in [0.3, 0.4) is 0 Å². The van der Waals surface area contributed by atoms with E-state index in [1.54, 1.807) is 5.32 Å². The Morgan fingerprint density at radius 1 is 1.60 bits per heavy atom. The molecule has 10 heavy (non-hydrogen) atoms. The fraction of sp³-hybridized carbons (Fsp3) is 0.600. The van der Waals surface area contributed by atoms with Crippen molar-refractivity contribution in [2.45, 2.75) is 18.6 Å². The van der Waals surface area contributed by atoms with Crippen molar-refractivity contribution in [3.63, 3.8) is 0 Å². The second kappa shape index (κ2) is 2.02. The maximum absolute atomic E-state index is 12.7. The molecule has 1 atom stereocenters. The van der Waals surface area contributed by atoms with Crippen LogP contribution in [0.5, 0.6) is 0 Å². The van der Waals surface area contributed by atoms with Crippen LogP contribution < -0.4 is 11.1 Å². The number of amides is 2. The van der Waals surface area contributed by atoms with Gasteiger partial charge in [0.2, 0.25) is 11.7 Å². The van der Waals surface area contributed by atoms with E-state index in [-0.39, 0.29) is 12.8 Å². The summed E-state index contributed by atoms with van der Waals surface area (Å²) in [4.78, 5) is 20.9. The van der Waals surface area contributed by atoms with Crippen LogP contribution in [0.2, 0.25) is 0 Å². The van der Waals surface area contributed by atoms with E-state index in [9.17, 15) is 14.0 Å². The summed E-state index contributed by atoms with van der Waals surface area (Å²) in [6.07, 6.45) is -0.254. The van der Waals surface area contributed by atoms with Gasteiger partial charge in [-0.15, -0.1) is 0 Å². The zero-order valence-corrected chi connectivity index (χ0v) is 5.19. The monoisotopic (exact) mass is 146 g/mol. The van der Waals surface area contributed by atoms with Gasteiger partial charge in [-0.25, -0.2) is 4.39 Å². The summed E-state index contributed by atoms with van der Waals surface area (Å²) in [7, 11) is 0. The standard InChI is InChI=1S/C5H7FN2O2/c6-5(7)2-1-3(9)8-4(5)10/h1-2,7H2,(H,8,9,10). The highest BCUT2D eigenvalue weighted by molar-refractivity contribution is 6.01. The maximum atomic E-state index is 12.7. The molecule has 1 aliphatic heterocycles. The lowest BCUT2D eigenvalue weighted by Gasteiger charge is -2.22. The van der Waals surface area contributed by atoms with Gasteiger partial charge in [0.1, 0.15) is 0 Å². The summed E-state index contributed by atoms with van der Waals surface area (Å²) in [6.45, 7) is 0. The highest BCUT2D eigenvalue weighted by Gasteiger charge is 2.39. The third kappa shape index (κ3) is 1.13. The van der Waals surface area contributed by atoms with Crippen LogP contribution in [-0.4, -0.2) is 17.6 Å². The van der Waals surface area contributed by atoms with E-state index in [0.717, 1.165) is 0 Å². The molecule has 1 heterocycles. The van der Waals surface area contributed by atoms with Crippen molar-refractivity contribution in [3.8, 4) is 0 Å². The number of nitrogens with one attached hydrogen (secondary N) is 1. The van der Waals surface area contributed by atoms with E-state index in [4.69, 9.17) is 5.73 Å². The predicted octanol–water partition coefficient (Wildman–Crippen LogP) is -0.953. The van der Waals surface area contributed by atoms with Gasteiger partial charge in [-0.3, -0.25) is 20.6 Å². The average molecular weight is 146 g/mol. The summed E-state index contributed by atoms with van der Waals surface area (Å²) in [6, 6.07) is 0. The number of nitrogens with two attached hydrogens (primary N) is 1. The molecule has 0 bridgehead atoms. The molecule has 5 heteroatoms. The Bertz CT molecular complexity index is 190. The van der Waals surface area contributed by atoms with Gasteiger partial charge in [0.25, 0.3) is 5.91 Å². The summed E-state index contributed by atoms with van der Waals surface area (Å²) in [5, 5.41) is 1.79. The van der Waals surface area contributed by atoms with E-state index >= 15 is 0 Å². The largest absolute Gasteiger partial charge is 0.292 e. The van der Waals surface area contributed by atoms with Crippen molar-refractivity contribution in [2.24, 2.45) is 5.73 Å². The van der Waals surface area contributed by atoms with Gasteiger partial charge in [-0.2, -0.15) is 0 Å². The Kier molecular flexibility index (Phi) is 1.44. The van der Waals surface area contributed by atoms with Crippen LogP contribution in [0.25, 0.3) is 0 Å². The molecule has 0 radical (unpaired) electrons. The number of carbonyl (C=O) groups excluding carboxylic acids is 2. The number of piperidine rings is 1. The van der Waals surface area contributed by atoms with Gasteiger partial charge in [0.05, 0.1) is 0 Å². The van der Waals surface area contributed by atoms with E-state index < -0.39 is 17.6 Å². The van der Waals surface area contributed by atoms with Gasteiger partial charge < -0.3 is 0 Å². The molecule has 1 saturated heterocycles. The first kappa shape index (κ1) is 7.14. The number of imide groups is 1. The molecular formula is C5H7FN2O2. The quantitative estimate of drug-likeness (QED) is 0.342. The highest BCUT2D eigenvalue weighted by Crippen LogP contribution is 2.15. The Hall–Kier alpha value is -0.970. The second-order valence-electron chi connectivity index (χ2n) is 2.24. The minimum atomic E-state index is -2.35. The van der Waals surface area contributed by atoms with Crippen LogP contribution in [0.1, 0.15) is 12.8 Å². The Morgan fingerprint density at radius 2 is 2.20 bits per heavy atom. The zero-order chi connectivity index (χ0) is 7.78. The highest BCUT2D eigenvalue weighted by atomic mass is 19.1. The van der Waals surface area contributed by atoms with Crippen molar-refractivity contribution < 1.29 is 14.0 Å². The number of halogens is 1. The van der Waals surface area contributed by atoms with Crippen molar-refractivity contribution in [1.82, 2.24) is 5.32 Å². The van der Waals surface area contributed by atoms with Crippen LogP contribution in [0, 0.1) is 0 Å².